The van der Waals surface area contributed by atoms with E-state index in [-0.39, 0.29) is 17.1 Å². The lowest BCUT2D eigenvalue weighted by Crippen LogP contribution is -2.17. The maximum absolute atomic E-state index is 12.9. The first-order valence-electron chi connectivity index (χ1n) is 9.54. The number of aryl methyl sites for hydroxylation is 1. The zero-order valence-electron chi connectivity index (χ0n) is 17.4. The quantitative estimate of drug-likeness (QED) is 0.347. The van der Waals surface area contributed by atoms with Gasteiger partial charge in [0.1, 0.15) is 5.82 Å². The summed E-state index contributed by atoms with van der Waals surface area (Å²) in [6, 6.07) is 13.2. The van der Waals surface area contributed by atoms with Gasteiger partial charge in [-0.1, -0.05) is 11.3 Å². The molecule has 2 aromatic heterocycles. The van der Waals surface area contributed by atoms with E-state index in [1.807, 2.05) is 0 Å². The Bertz CT molecular complexity index is 1390. The van der Waals surface area contributed by atoms with Crippen LogP contribution in [0.4, 0.5) is 17.2 Å². The molecule has 0 saturated carbocycles. The average Bonchev–Trinajstić information content (AvgIpc) is 3.36. The molecule has 166 valence electrons. The van der Waals surface area contributed by atoms with E-state index in [9.17, 15) is 25.0 Å². The lowest BCUT2D eigenvalue weighted by atomic mass is 10.2. The fraction of sp³-hybridized carbons (Fsp3) is 0.100. The normalized spacial score (nSPS) is 10.7. The summed E-state index contributed by atoms with van der Waals surface area (Å²) >= 11 is 0. The van der Waals surface area contributed by atoms with Crippen LogP contribution in [0.1, 0.15) is 21.9 Å². The minimum absolute atomic E-state index is 0.0237. The van der Waals surface area contributed by atoms with Crippen LogP contribution in [-0.4, -0.2) is 40.5 Å². The number of hydrogen-bond acceptors (Lipinski definition) is 8. The molecule has 1 N–H and O–H groups in total. The van der Waals surface area contributed by atoms with Crippen LogP contribution in [0, 0.1) is 34.1 Å². The molecule has 2 aromatic carbocycles. The van der Waals surface area contributed by atoms with Gasteiger partial charge in [-0.05, 0) is 32.0 Å². The number of aromatic nitrogens is 5. The van der Waals surface area contributed by atoms with Gasteiger partial charge in [0.15, 0.2) is 5.69 Å². The number of rotatable bonds is 6. The molecule has 1 amide bonds. The molecule has 0 unspecified atom stereocenters. The Balaban J connectivity index is 1.62. The number of anilines is 1. The number of benzene rings is 2. The molecule has 0 fully saturated rings. The summed E-state index contributed by atoms with van der Waals surface area (Å²) in [5.74, 6) is -0.233. The lowest BCUT2D eigenvalue weighted by Gasteiger charge is -2.08. The van der Waals surface area contributed by atoms with Gasteiger partial charge in [0, 0.05) is 30.3 Å². The highest BCUT2D eigenvalue weighted by Gasteiger charge is 2.21. The Kier molecular flexibility index (Phi) is 5.36. The Labute approximate surface area is 185 Å². The van der Waals surface area contributed by atoms with Gasteiger partial charge in [0.05, 0.1) is 32.6 Å². The Morgan fingerprint density at radius 3 is 2.27 bits per heavy atom. The number of carbonyl (C=O) groups excluding carboxylic acids is 1. The van der Waals surface area contributed by atoms with Crippen molar-refractivity contribution < 1.29 is 14.6 Å². The summed E-state index contributed by atoms with van der Waals surface area (Å²) in [5.41, 5.74) is 1.74. The first-order chi connectivity index (χ1) is 15.7. The van der Waals surface area contributed by atoms with Crippen molar-refractivity contribution in [3.05, 3.63) is 91.9 Å². The number of nitrogens with zero attached hydrogens (tertiary/aromatic N) is 7. The van der Waals surface area contributed by atoms with Gasteiger partial charge in [-0.2, -0.15) is 5.10 Å². The Morgan fingerprint density at radius 2 is 1.61 bits per heavy atom. The van der Waals surface area contributed by atoms with Gasteiger partial charge in [0.25, 0.3) is 17.3 Å². The third-order valence-electron chi connectivity index (χ3n) is 4.77. The van der Waals surface area contributed by atoms with E-state index in [0.717, 1.165) is 0 Å². The second-order valence-electron chi connectivity index (χ2n) is 7.02. The first kappa shape index (κ1) is 21.3. The zero-order valence-corrected chi connectivity index (χ0v) is 17.4. The first-order valence-corrected chi connectivity index (χ1v) is 9.54. The van der Waals surface area contributed by atoms with E-state index in [4.69, 9.17) is 0 Å². The van der Waals surface area contributed by atoms with Gasteiger partial charge >= 0.3 is 0 Å². The van der Waals surface area contributed by atoms with E-state index in [2.05, 4.69) is 20.7 Å². The highest BCUT2D eigenvalue weighted by atomic mass is 16.6. The second kappa shape index (κ2) is 8.30. The molecule has 0 spiro atoms. The predicted octanol–water partition coefficient (Wildman–Crippen LogP) is 3.14. The summed E-state index contributed by atoms with van der Waals surface area (Å²) in [5, 5.41) is 36.9. The van der Waals surface area contributed by atoms with Crippen LogP contribution in [-0.2, 0) is 0 Å². The van der Waals surface area contributed by atoms with Crippen LogP contribution in [0.15, 0.2) is 54.6 Å². The van der Waals surface area contributed by atoms with Gasteiger partial charge in [-0.15, -0.1) is 5.10 Å². The molecule has 2 heterocycles. The molecule has 4 aromatic rings. The standard InChI is InChI=1S/C20H16N8O5/c1-12-10-18(26(23-12)14-6-8-15(9-7-14)27(30)31)21-20(29)19-13(2)25(24-22-19)16-4-3-5-17(11-16)28(32)33/h3-11H,1-2H3,(H,21,29). The number of amides is 1. The third-order valence-corrected chi connectivity index (χ3v) is 4.77. The van der Waals surface area contributed by atoms with Gasteiger partial charge in [-0.3, -0.25) is 25.0 Å². The third kappa shape index (κ3) is 4.14. The van der Waals surface area contributed by atoms with Crippen LogP contribution in [0.2, 0.25) is 0 Å². The van der Waals surface area contributed by atoms with Crippen LogP contribution in [0.5, 0.6) is 0 Å². The molecule has 0 radical (unpaired) electrons. The van der Waals surface area contributed by atoms with Crippen LogP contribution in [0.3, 0.4) is 0 Å². The number of nitro groups is 2. The van der Waals surface area contributed by atoms with E-state index in [1.165, 1.54) is 51.8 Å². The van der Waals surface area contributed by atoms with Gasteiger partial charge in [0.2, 0.25) is 0 Å². The number of non-ortho nitro benzene ring substituents is 2. The number of nitrogens with one attached hydrogen (secondary N) is 1. The number of nitro benzene ring substituents is 2. The van der Waals surface area contributed by atoms with Crippen molar-refractivity contribution in [3.63, 3.8) is 0 Å². The van der Waals surface area contributed by atoms with Crippen molar-refractivity contribution in [2.75, 3.05) is 5.32 Å². The molecule has 13 heteroatoms. The minimum Gasteiger partial charge on any atom is -0.305 e. The molecule has 0 aliphatic heterocycles. The van der Waals surface area contributed by atoms with Crippen molar-refractivity contribution in [2.24, 2.45) is 0 Å². The molecule has 0 aliphatic carbocycles. The van der Waals surface area contributed by atoms with Gasteiger partial charge in [-0.25, -0.2) is 9.36 Å². The van der Waals surface area contributed by atoms with Crippen molar-refractivity contribution in [1.82, 2.24) is 24.8 Å². The molecule has 33 heavy (non-hydrogen) atoms. The van der Waals surface area contributed by atoms with E-state index >= 15 is 0 Å². The highest BCUT2D eigenvalue weighted by molar-refractivity contribution is 6.03. The number of hydrogen-bond donors (Lipinski definition) is 1. The second-order valence-corrected chi connectivity index (χ2v) is 7.02. The zero-order chi connectivity index (χ0) is 23.7. The smallest absolute Gasteiger partial charge is 0.279 e. The molecular weight excluding hydrogens is 432 g/mol. The van der Waals surface area contributed by atoms with E-state index in [1.54, 1.807) is 26.0 Å². The van der Waals surface area contributed by atoms with Crippen molar-refractivity contribution in [3.8, 4) is 11.4 Å². The maximum Gasteiger partial charge on any atom is 0.279 e. The molecule has 13 nitrogen and oxygen atoms in total. The van der Waals surface area contributed by atoms with Crippen molar-refractivity contribution in [1.29, 1.82) is 0 Å². The number of carbonyl (C=O) groups is 1. The highest BCUT2D eigenvalue weighted by Crippen LogP contribution is 2.22. The van der Waals surface area contributed by atoms with Gasteiger partial charge < -0.3 is 5.32 Å². The largest absolute Gasteiger partial charge is 0.305 e. The summed E-state index contributed by atoms with van der Waals surface area (Å²) in [6.07, 6.45) is 0. The molecule has 4 rings (SSSR count). The van der Waals surface area contributed by atoms with E-state index < -0.39 is 15.8 Å². The molecular formula is C20H16N8O5. The molecule has 0 aliphatic rings. The predicted molar refractivity (Wildman–Crippen MR) is 116 cm³/mol. The van der Waals surface area contributed by atoms with Crippen LogP contribution < -0.4 is 5.32 Å². The Hall–Kier alpha value is -4.94. The topological polar surface area (TPSA) is 164 Å². The lowest BCUT2D eigenvalue weighted by molar-refractivity contribution is -0.385. The fourth-order valence-electron chi connectivity index (χ4n) is 3.20. The SMILES string of the molecule is Cc1cc(NC(=O)c2nnn(-c3cccc([N+](=O)[O-])c3)c2C)n(-c2ccc([N+](=O)[O-])cc2)n1. The summed E-state index contributed by atoms with van der Waals surface area (Å²) in [6.45, 7) is 3.36. The monoisotopic (exact) mass is 448 g/mol. The molecule has 0 saturated heterocycles. The summed E-state index contributed by atoms with van der Waals surface area (Å²) < 4.78 is 2.78. The molecule has 0 bridgehead atoms. The summed E-state index contributed by atoms with van der Waals surface area (Å²) in [4.78, 5) is 33.8. The Morgan fingerprint density at radius 1 is 0.909 bits per heavy atom. The average molecular weight is 448 g/mol. The van der Waals surface area contributed by atoms with E-state index in [0.29, 0.717) is 28.6 Å². The summed E-state index contributed by atoms with van der Waals surface area (Å²) in [7, 11) is 0. The molecule has 0 atom stereocenters. The van der Waals surface area contributed by atoms with Crippen molar-refractivity contribution in [2.45, 2.75) is 13.8 Å². The van der Waals surface area contributed by atoms with Crippen LogP contribution in [0.25, 0.3) is 11.4 Å². The minimum atomic E-state index is -0.563. The van der Waals surface area contributed by atoms with Crippen LogP contribution >= 0.6 is 0 Å². The fourth-order valence-corrected chi connectivity index (χ4v) is 3.20. The maximum atomic E-state index is 12.9. The van der Waals surface area contributed by atoms with Crippen molar-refractivity contribution >= 4 is 23.1 Å².